The summed E-state index contributed by atoms with van der Waals surface area (Å²) in [6.45, 7) is 2.41. The van der Waals surface area contributed by atoms with E-state index in [4.69, 9.17) is 23.7 Å². The molecule has 1 atom stereocenters. The number of allylic oxidation sites excluding steroid dienone is 1. The summed E-state index contributed by atoms with van der Waals surface area (Å²) in [5.41, 5.74) is 6.75. The smallest absolute Gasteiger partial charge is 0.453 e. The van der Waals surface area contributed by atoms with Crippen molar-refractivity contribution in [2.24, 2.45) is 0 Å². The average molecular weight is 807 g/mol. The van der Waals surface area contributed by atoms with Crippen LogP contribution in [0.2, 0.25) is 0 Å². The van der Waals surface area contributed by atoms with E-state index in [0.29, 0.717) is 45.0 Å². The van der Waals surface area contributed by atoms with Gasteiger partial charge in [-0.15, -0.1) is 0 Å². The van der Waals surface area contributed by atoms with Crippen molar-refractivity contribution in [3.05, 3.63) is 89.0 Å². The standard InChI is InChI=1S/C43H51F5O7S/c44-42(45,43(46,47)48)23-9-29-56(49,50)28-7-1-5-24-52-33-17-15-31(16-18-33)41-36-20-19-35(55-40-14-4-6-25-53-40)30-32(36)10-8-12-38(41)37-11-2-3-13-39(37)54-34-21-26-51-27-22-34/h2-3,11,13,15-20,30,34,40H,1,4-10,12,14,21-29H2. The summed E-state index contributed by atoms with van der Waals surface area (Å²) in [5.74, 6) is -3.56. The van der Waals surface area contributed by atoms with E-state index in [-0.39, 0.29) is 24.6 Å². The third-order valence-corrected chi connectivity index (χ3v) is 12.3. The zero-order chi connectivity index (χ0) is 39.6. The maximum absolute atomic E-state index is 13.1. The van der Waals surface area contributed by atoms with Crippen LogP contribution >= 0.6 is 0 Å². The van der Waals surface area contributed by atoms with Crippen molar-refractivity contribution in [2.45, 2.75) is 108 Å². The minimum absolute atomic E-state index is 0.0852. The molecule has 6 rings (SSSR count). The highest BCUT2D eigenvalue weighted by Crippen LogP contribution is 2.44. The Balaban J connectivity index is 1.14. The highest BCUT2D eigenvalue weighted by atomic mass is 32.2. The lowest BCUT2D eigenvalue weighted by atomic mass is 9.87. The van der Waals surface area contributed by atoms with Crippen molar-refractivity contribution in [2.75, 3.05) is 37.9 Å². The maximum Gasteiger partial charge on any atom is 0.453 e. The van der Waals surface area contributed by atoms with Crippen LogP contribution in [0.25, 0.3) is 11.1 Å². The van der Waals surface area contributed by atoms with Crippen LogP contribution in [0.1, 0.15) is 99.3 Å². The molecule has 3 aromatic carbocycles. The summed E-state index contributed by atoms with van der Waals surface area (Å²) in [7, 11) is -3.74. The van der Waals surface area contributed by atoms with E-state index in [1.807, 2.05) is 24.3 Å². The Labute approximate surface area is 326 Å². The fourth-order valence-corrected chi connectivity index (χ4v) is 8.88. The number of hydrogen-bond donors (Lipinski definition) is 0. The van der Waals surface area contributed by atoms with Gasteiger partial charge in [0.2, 0.25) is 0 Å². The number of rotatable bonds is 17. The second-order valence-electron chi connectivity index (χ2n) is 14.8. The van der Waals surface area contributed by atoms with Gasteiger partial charge in [0.1, 0.15) is 33.2 Å². The third-order valence-electron chi connectivity index (χ3n) is 10.5. The molecule has 7 nitrogen and oxygen atoms in total. The first kappa shape index (κ1) is 41.9. The van der Waals surface area contributed by atoms with Gasteiger partial charge in [-0.05, 0) is 116 Å². The number of para-hydroxylation sites is 1. The first-order valence-electron chi connectivity index (χ1n) is 19.8. The number of aryl methyl sites for hydroxylation is 1. The number of halogens is 5. The van der Waals surface area contributed by atoms with Gasteiger partial charge in [0.25, 0.3) is 0 Å². The summed E-state index contributed by atoms with van der Waals surface area (Å²) in [6.07, 6.45) is 0.519. The number of hydrogen-bond acceptors (Lipinski definition) is 7. The van der Waals surface area contributed by atoms with Gasteiger partial charge in [-0.25, -0.2) is 8.42 Å². The Morgan fingerprint density at radius 1 is 0.714 bits per heavy atom. The third kappa shape index (κ3) is 11.5. The number of unbranched alkanes of at least 4 members (excludes halogenated alkanes) is 2. The normalized spacial score (nSPS) is 18.6. The van der Waals surface area contributed by atoms with E-state index >= 15 is 0 Å². The van der Waals surface area contributed by atoms with E-state index in [2.05, 4.69) is 42.5 Å². The Bertz CT molecular complexity index is 1870. The number of alkyl halides is 5. The highest BCUT2D eigenvalue weighted by molar-refractivity contribution is 7.91. The van der Waals surface area contributed by atoms with Crippen molar-refractivity contribution in [1.82, 2.24) is 0 Å². The summed E-state index contributed by atoms with van der Waals surface area (Å²) in [5, 5.41) is 0. The van der Waals surface area contributed by atoms with Gasteiger partial charge in [-0.2, -0.15) is 22.0 Å². The summed E-state index contributed by atoms with van der Waals surface area (Å²) >= 11 is 0. The minimum Gasteiger partial charge on any atom is -0.494 e. The van der Waals surface area contributed by atoms with E-state index in [9.17, 15) is 30.4 Å². The number of fused-ring (bicyclic) bond motifs is 1. The molecule has 2 heterocycles. The van der Waals surface area contributed by atoms with Crippen LogP contribution in [0.15, 0.2) is 66.7 Å². The Hall–Kier alpha value is -3.68. The van der Waals surface area contributed by atoms with Crippen molar-refractivity contribution < 1.29 is 54.1 Å². The largest absolute Gasteiger partial charge is 0.494 e. The molecule has 2 aliphatic heterocycles. The zero-order valence-electron chi connectivity index (χ0n) is 31.6. The van der Waals surface area contributed by atoms with Crippen molar-refractivity contribution in [1.29, 1.82) is 0 Å². The summed E-state index contributed by atoms with van der Waals surface area (Å²) in [4.78, 5) is 0. The average Bonchev–Trinajstić information content (AvgIpc) is 3.36. The van der Waals surface area contributed by atoms with Gasteiger partial charge in [0.15, 0.2) is 6.29 Å². The van der Waals surface area contributed by atoms with Crippen molar-refractivity contribution >= 4 is 21.0 Å². The molecule has 0 bridgehead atoms. The summed E-state index contributed by atoms with van der Waals surface area (Å²) in [6, 6.07) is 22.5. The van der Waals surface area contributed by atoms with Gasteiger partial charge in [-0.3, -0.25) is 0 Å². The number of benzene rings is 3. The quantitative estimate of drug-likeness (QED) is 0.0993. The molecule has 0 spiro atoms. The van der Waals surface area contributed by atoms with Crippen LogP contribution in [0.5, 0.6) is 17.2 Å². The van der Waals surface area contributed by atoms with E-state index < -0.39 is 40.5 Å². The monoisotopic (exact) mass is 806 g/mol. The minimum atomic E-state index is -5.69. The number of sulfone groups is 1. The van der Waals surface area contributed by atoms with E-state index in [1.54, 1.807) is 0 Å². The molecular formula is C43H51F5O7S. The van der Waals surface area contributed by atoms with Crippen LogP contribution in [-0.4, -0.2) is 70.8 Å². The van der Waals surface area contributed by atoms with Crippen LogP contribution in [0.3, 0.4) is 0 Å². The molecule has 3 aromatic rings. The number of ether oxygens (including phenoxy) is 5. The molecular weight excluding hydrogens is 756 g/mol. The van der Waals surface area contributed by atoms with Gasteiger partial charge < -0.3 is 23.7 Å². The van der Waals surface area contributed by atoms with Crippen molar-refractivity contribution in [3.63, 3.8) is 0 Å². The molecule has 0 aromatic heterocycles. The van der Waals surface area contributed by atoms with Gasteiger partial charge in [0.05, 0.1) is 37.9 Å². The molecule has 0 radical (unpaired) electrons. The fourth-order valence-electron chi connectivity index (χ4n) is 7.45. The molecule has 2 fully saturated rings. The fraction of sp³-hybridized carbons (Fsp3) is 0.535. The van der Waals surface area contributed by atoms with E-state index in [0.717, 1.165) is 85.1 Å². The predicted molar refractivity (Wildman–Crippen MR) is 205 cm³/mol. The Morgan fingerprint density at radius 2 is 1.46 bits per heavy atom. The molecule has 56 heavy (non-hydrogen) atoms. The van der Waals surface area contributed by atoms with Gasteiger partial charge >= 0.3 is 12.1 Å². The lowest BCUT2D eigenvalue weighted by molar-refractivity contribution is -0.284. The molecule has 2 saturated heterocycles. The first-order chi connectivity index (χ1) is 26.9. The molecule has 1 aliphatic carbocycles. The topological polar surface area (TPSA) is 80.3 Å². The molecule has 0 N–H and O–H groups in total. The van der Waals surface area contributed by atoms with Crippen molar-refractivity contribution in [3.8, 4) is 17.2 Å². The van der Waals surface area contributed by atoms with Crippen LogP contribution in [-0.2, 0) is 25.7 Å². The molecule has 0 saturated carbocycles. The second kappa shape index (κ2) is 19.2. The van der Waals surface area contributed by atoms with Gasteiger partial charge in [0, 0.05) is 31.2 Å². The van der Waals surface area contributed by atoms with Crippen LogP contribution in [0, 0.1) is 0 Å². The Morgan fingerprint density at radius 3 is 2.21 bits per heavy atom. The highest BCUT2D eigenvalue weighted by Gasteiger charge is 2.56. The molecule has 13 heteroatoms. The summed E-state index contributed by atoms with van der Waals surface area (Å²) < 4.78 is 118. The molecule has 306 valence electrons. The second-order valence-corrected chi connectivity index (χ2v) is 17.1. The zero-order valence-corrected chi connectivity index (χ0v) is 32.4. The SMILES string of the molecule is O=S(=O)(CCCCCOc1ccc(C2=C(c3ccccc3OC3CCOCC3)CCCc3cc(OC4CCCCO4)ccc32)cc1)CCCC(F)(F)C(F)(F)F. The lowest BCUT2D eigenvalue weighted by Crippen LogP contribution is -2.36. The first-order valence-corrected chi connectivity index (χ1v) is 21.6. The molecule has 3 aliphatic rings. The van der Waals surface area contributed by atoms with Crippen LogP contribution in [0.4, 0.5) is 22.0 Å². The molecule has 1 unspecified atom stereocenters. The van der Waals surface area contributed by atoms with Gasteiger partial charge in [-0.1, -0.05) is 36.4 Å². The Kier molecular flexibility index (Phi) is 14.4. The van der Waals surface area contributed by atoms with E-state index in [1.165, 1.54) is 11.1 Å². The predicted octanol–water partition coefficient (Wildman–Crippen LogP) is 10.4. The maximum atomic E-state index is 13.1. The van der Waals surface area contributed by atoms with Crippen LogP contribution < -0.4 is 14.2 Å². The molecule has 0 amide bonds. The lowest BCUT2D eigenvalue weighted by Gasteiger charge is -2.26.